The van der Waals surface area contributed by atoms with E-state index in [0.29, 0.717) is 25.4 Å². The topological polar surface area (TPSA) is 61.2 Å². The van der Waals surface area contributed by atoms with Crippen LogP contribution in [0, 0.1) is 17.2 Å². The highest BCUT2D eigenvalue weighted by Crippen LogP contribution is 2.24. The van der Waals surface area contributed by atoms with Crippen LogP contribution in [-0.2, 0) is 10.0 Å². The Morgan fingerprint density at radius 1 is 1.53 bits per heavy atom. The van der Waals surface area contributed by atoms with Gasteiger partial charge >= 0.3 is 0 Å². The standard InChI is InChI=1S/C10H18N2O2S/c1-3-9-5-6-12(8-9)15(13,14)10(4-2)7-11/h9-10H,3-6,8H2,1-2H3. The highest BCUT2D eigenvalue weighted by atomic mass is 32.2. The van der Waals surface area contributed by atoms with Gasteiger partial charge in [0.1, 0.15) is 0 Å². The maximum absolute atomic E-state index is 12.0. The second-order valence-electron chi connectivity index (χ2n) is 3.99. The van der Waals surface area contributed by atoms with Gasteiger partial charge in [0.2, 0.25) is 10.0 Å². The van der Waals surface area contributed by atoms with Gasteiger partial charge < -0.3 is 0 Å². The first-order valence-electron chi connectivity index (χ1n) is 5.44. The summed E-state index contributed by atoms with van der Waals surface area (Å²) in [4.78, 5) is 0. The van der Waals surface area contributed by atoms with Crippen LogP contribution in [-0.4, -0.2) is 31.1 Å². The molecule has 1 heterocycles. The maximum atomic E-state index is 12.0. The molecule has 1 rings (SSSR count). The molecule has 15 heavy (non-hydrogen) atoms. The molecule has 0 N–H and O–H groups in total. The average molecular weight is 230 g/mol. The Bertz CT molecular complexity index is 345. The summed E-state index contributed by atoms with van der Waals surface area (Å²) in [6, 6.07) is 1.87. The van der Waals surface area contributed by atoms with E-state index in [1.807, 2.05) is 6.07 Å². The van der Waals surface area contributed by atoms with Gasteiger partial charge in [-0.05, 0) is 18.8 Å². The Kier molecular flexibility index (Phi) is 4.12. The molecule has 0 bridgehead atoms. The van der Waals surface area contributed by atoms with Crippen LogP contribution >= 0.6 is 0 Å². The van der Waals surface area contributed by atoms with Gasteiger partial charge in [0.15, 0.2) is 5.25 Å². The Morgan fingerprint density at radius 2 is 2.20 bits per heavy atom. The molecule has 2 unspecified atom stereocenters. The van der Waals surface area contributed by atoms with Gasteiger partial charge in [0, 0.05) is 13.1 Å². The second-order valence-corrected chi connectivity index (χ2v) is 6.11. The van der Waals surface area contributed by atoms with E-state index in [1.165, 1.54) is 4.31 Å². The van der Waals surface area contributed by atoms with Crippen molar-refractivity contribution in [3.8, 4) is 6.07 Å². The Balaban J connectivity index is 2.76. The summed E-state index contributed by atoms with van der Waals surface area (Å²) in [5.74, 6) is 0.468. The number of sulfonamides is 1. The van der Waals surface area contributed by atoms with Gasteiger partial charge in [0.05, 0.1) is 6.07 Å². The molecule has 0 aromatic rings. The van der Waals surface area contributed by atoms with Crippen LogP contribution in [0.15, 0.2) is 0 Å². The lowest BCUT2D eigenvalue weighted by molar-refractivity contribution is 0.448. The molecule has 1 aliphatic heterocycles. The molecule has 0 radical (unpaired) electrons. The zero-order valence-corrected chi connectivity index (χ0v) is 10.1. The predicted molar refractivity (Wildman–Crippen MR) is 58.6 cm³/mol. The summed E-state index contributed by atoms with van der Waals surface area (Å²) in [7, 11) is -3.37. The molecule has 86 valence electrons. The van der Waals surface area contributed by atoms with Crippen LogP contribution in [0.3, 0.4) is 0 Å². The number of rotatable bonds is 4. The van der Waals surface area contributed by atoms with Crippen molar-refractivity contribution in [2.24, 2.45) is 5.92 Å². The number of hydrogen-bond acceptors (Lipinski definition) is 3. The molecule has 1 fully saturated rings. The predicted octanol–water partition coefficient (Wildman–Crippen LogP) is 1.35. The van der Waals surface area contributed by atoms with Crippen molar-refractivity contribution in [1.29, 1.82) is 5.26 Å². The molecule has 0 amide bonds. The van der Waals surface area contributed by atoms with Crippen LogP contribution in [0.25, 0.3) is 0 Å². The smallest absolute Gasteiger partial charge is 0.211 e. The largest absolute Gasteiger partial charge is 0.230 e. The first kappa shape index (κ1) is 12.5. The fraction of sp³-hybridized carbons (Fsp3) is 0.900. The lowest BCUT2D eigenvalue weighted by Gasteiger charge is -2.18. The Morgan fingerprint density at radius 3 is 2.60 bits per heavy atom. The molecule has 0 aromatic heterocycles. The fourth-order valence-electron chi connectivity index (χ4n) is 1.91. The first-order valence-corrected chi connectivity index (χ1v) is 6.95. The summed E-state index contributed by atoms with van der Waals surface area (Å²) in [6.07, 6.45) is 2.30. The zero-order chi connectivity index (χ0) is 11.5. The summed E-state index contributed by atoms with van der Waals surface area (Å²) in [5, 5.41) is 7.92. The summed E-state index contributed by atoms with van der Waals surface area (Å²) >= 11 is 0. The van der Waals surface area contributed by atoms with Crippen molar-refractivity contribution in [1.82, 2.24) is 4.31 Å². The average Bonchev–Trinajstić information content (AvgIpc) is 2.67. The van der Waals surface area contributed by atoms with Gasteiger partial charge in [-0.1, -0.05) is 20.3 Å². The minimum Gasteiger partial charge on any atom is -0.211 e. The van der Waals surface area contributed by atoms with Crippen LogP contribution in [0.2, 0.25) is 0 Å². The van der Waals surface area contributed by atoms with E-state index < -0.39 is 15.3 Å². The van der Waals surface area contributed by atoms with Crippen molar-refractivity contribution in [2.75, 3.05) is 13.1 Å². The SMILES string of the molecule is CCC1CCN(S(=O)(=O)C(C#N)CC)C1. The third-order valence-electron chi connectivity index (χ3n) is 3.06. The van der Waals surface area contributed by atoms with Crippen molar-refractivity contribution in [3.05, 3.63) is 0 Å². The molecule has 0 aromatic carbocycles. The molecule has 0 spiro atoms. The first-order chi connectivity index (χ1) is 7.06. The Hall–Kier alpha value is -0.600. The van der Waals surface area contributed by atoms with E-state index in [2.05, 4.69) is 6.92 Å². The normalized spacial score (nSPS) is 25.0. The fourth-order valence-corrected chi connectivity index (χ4v) is 3.60. The summed E-state index contributed by atoms with van der Waals surface area (Å²) < 4.78 is 25.4. The zero-order valence-electron chi connectivity index (χ0n) is 9.31. The number of nitriles is 1. The van der Waals surface area contributed by atoms with Crippen LogP contribution in [0.5, 0.6) is 0 Å². The van der Waals surface area contributed by atoms with Gasteiger partial charge in [-0.3, -0.25) is 0 Å². The van der Waals surface area contributed by atoms with E-state index in [-0.39, 0.29) is 0 Å². The van der Waals surface area contributed by atoms with E-state index >= 15 is 0 Å². The van der Waals surface area contributed by atoms with E-state index in [0.717, 1.165) is 12.8 Å². The second kappa shape index (κ2) is 4.95. The van der Waals surface area contributed by atoms with E-state index in [4.69, 9.17) is 5.26 Å². The lowest BCUT2D eigenvalue weighted by Crippen LogP contribution is -2.36. The molecule has 1 aliphatic rings. The molecule has 5 heteroatoms. The Labute approximate surface area is 91.9 Å². The third-order valence-corrected chi connectivity index (χ3v) is 5.27. The van der Waals surface area contributed by atoms with Crippen molar-refractivity contribution >= 4 is 10.0 Å². The molecular weight excluding hydrogens is 212 g/mol. The van der Waals surface area contributed by atoms with Crippen molar-refractivity contribution in [2.45, 2.75) is 38.4 Å². The van der Waals surface area contributed by atoms with Crippen molar-refractivity contribution < 1.29 is 8.42 Å². The molecule has 2 atom stereocenters. The molecular formula is C10H18N2O2S. The van der Waals surface area contributed by atoms with Crippen LogP contribution in [0.1, 0.15) is 33.1 Å². The van der Waals surface area contributed by atoms with Gasteiger partial charge in [-0.2, -0.15) is 5.26 Å². The molecule has 4 nitrogen and oxygen atoms in total. The third kappa shape index (κ3) is 2.50. The number of hydrogen-bond donors (Lipinski definition) is 0. The van der Waals surface area contributed by atoms with Gasteiger partial charge in [-0.15, -0.1) is 0 Å². The van der Waals surface area contributed by atoms with Gasteiger partial charge in [0.25, 0.3) is 0 Å². The van der Waals surface area contributed by atoms with Crippen LogP contribution < -0.4 is 0 Å². The van der Waals surface area contributed by atoms with E-state index in [9.17, 15) is 8.42 Å². The monoisotopic (exact) mass is 230 g/mol. The van der Waals surface area contributed by atoms with E-state index in [1.54, 1.807) is 6.92 Å². The highest BCUT2D eigenvalue weighted by Gasteiger charge is 2.35. The lowest BCUT2D eigenvalue weighted by atomic mass is 10.1. The number of nitrogens with zero attached hydrogens (tertiary/aromatic N) is 2. The quantitative estimate of drug-likeness (QED) is 0.732. The minimum atomic E-state index is -3.37. The molecule has 0 saturated carbocycles. The molecule has 1 saturated heterocycles. The summed E-state index contributed by atoms with van der Waals surface area (Å²) in [5.41, 5.74) is 0. The maximum Gasteiger partial charge on any atom is 0.230 e. The molecule has 0 aliphatic carbocycles. The van der Waals surface area contributed by atoms with Gasteiger partial charge in [-0.25, -0.2) is 12.7 Å². The van der Waals surface area contributed by atoms with Crippen LogP contribution in [0.4, 0.5) is 0 Å². The minimum absolute atomic E-state index is 0.367. The highest BCUT2D eigenvalue weighted by molar-refractivity contribution is 7.90. The van der Waals surface area contributed by atoms with Crippen molar-refractivity contribution in [3.63, 3.8) is 0 Å². The summed E-state index contributed by atoms with van der Waals surface area (Å²) in [6.45, 7) is 4.98.